The highest BCUT2D eigenvalue weighted by atomic mass is 16.2. The molecule has 0 saturated carbocycles. The topological polar surface area (TPSA) is 81.0 Å². The summed E-state index contributed by atoms with van der Waals surface area (Å²) in [7, 11) is 0. The zero-order valence-electron chi connectivity index (χ0n) is 10.4. The van der Waals surface area contributed by atoms with Crippen LogP contribution in [0.2, 0.25) is 0 Å². The average Bonchev–Trinajstić information content (AvgIpc) is 2.57. The number of fused-ring (bicyclic) bond motifs is 1. The maximum atomic E-state index is 11.9. The Bertz CT molecular complexity index is 480. The van der Waals surface area contributed by atoms with Gasteiger partial charge in [-0.2, -0.15) is 0 Å². The number of hydrogen-bond acceptors (Lipinski definition) is 2. The smallest absolute Gasteiger partial charge is 0.318 e. The number of H-pyrrole nitrogens is 2. The van der Waals surface area contributed by atoms with Gasteiger partial charge in [0.05, 0.1) is 12.1 Å². The second-order valence-electron chi connectivity index (χ2n) is 5.39. The number of aromatic nitrogens is 2. The number of carbonyl (C=O) groups is 1. The van der Waals surface area contributed by atoms with Gasteiger partial charge in [0.2, 0.25) is 0 Å². The molecular weight excluding hydrogens is 220 g/mol. The van der Waals surface area contributed by atoms with E-state index in [1.807, 2.05) is 20.8 Å². The third-order valence-corrected chi connectivity index (χ3v) is 2.72. The van der Waals surface area contributed by atoms with Gasteiger partial charge in [0.25, 0.3) is 5.56 Å². The van der Waals surface area contributed by atoms with E-state index in [-0.39, 0.29) is 17.1 Å². The van der Waals surface area contributed by atoms with Gasteiger partial charge in [0, 0.05) is 24.2 Å². The van der Waals surface area contributed by atoms with Gasteiger partial charge in [0.15, 0.2) is 0 Å². The van der Waals surface area contributed by atoms with Crippen molar-refractivity contribution in [1.82, 2.24) is 20.4 Å². The molecule has 0 bridgehead atoms. The van der Waals surface area contributed by atoms with Gasteiger partial charge in [-0.05, 0) is 20.8 Å². The molecule has 6 nitrogen and oxygen atoms in total. The van der Waals surface area contributed by atoms with Crippen molar-refractivity contribution in [2.24, 2.45) is 0 Å². The van der Waals surface area contributed by atoms with E-state index in [0.717, 1.165) is 5.69 Å². The van der Waals surface area contributed by atoms with Crippen molar-refractivity contribution in [1.29, 1.82) is 0 Å². The van der Waals surface area contributed by atoms with Crippen molar-refractivity contribution in [3.05, 3.63) is 21.6 Å². The molecule has 1 aliphatic heterocycles. The summed E-state index contributed by atoms with van der Waals surface area (Å²) in [5.41, 5.74) is 1.19. The highest BCUT2D eigenvalue weighted by Crippen LogP contribution is 2.13. The predicted octanol–water partition coefficient (Wildman–Crippen LogP) is 0.569. The summed E-state index contributed by atoms with van der Waals surface area (Å²) in [5, 5.41) is 8.28. The van der Waals surface area contributed by atoms with Gasteiger partial charge in [-0.15, -0.1) is 0 Å². The molecular formula is C11H18N4O2. The standard InChI is InChI=1S/C11H18N4O2/c1-11(2,3)12-10(17)15-5-4-8-7(6-15)9(16)14-13-8/h4-6H2,1-3H3,(H,12,17)(H2,13,14,16). The normalized spacial score (nSPS) is 15.6. The van der Waals surface area contributed by atoms with Crippen LogP contribution >= 0.6 is 0 Å². The fourth-order valence-electron chi connectivity index (χ4n) is 1.89. The second kappa shape index (κ2) is 3.94. The molecule has 2 rings (SSSR count). The molecule has 94 valence electrons. The Labute approximate surface area is 99.4 Å². The van der Waals surface area contributed by atoms with Crippen molar-refractivity contribution < 1.29 is 4.79 Å². The maximum absolute atomic E-state index is 11.9. The lowest BCUT2D eigenvalue weighted by Crippen LogP contribution is -2.50. The minimum Gasteiger partial charge on any atom is -0.333 e. The van der Waals surface area contributed by atoms with Crippen LogP contribution in [0.3, 0.4) is 0 Å². The van der Waals surface area contributed by atoms with Crippen molar-refractivity contribution in [3.8, 4) is 0 Å². The van der Waals surface area contributed by atoms with Gasteiger partial charge in [0.1, 0.15) is 0 Å². The van der Waals surface area contributed by atoms with E-state index >= 15 is 0 Å². The lowest BCUT2D eigenvalue weighted by atomic mass is 10.1. The third kappa shape index (κ3) is 2.51. The molecule has 2 amide bonds. The van der Waals surface area contributed by atoms with Crippen LogP contribution in [-0.4, -0.2) is 33.2 Å². The summed E-state index contributed by atoms with van der Waals surface area (Å²) in [6, 6.07) is -0.122. The largest absolute Gasteiger partial charge is 0.333 e. The number of carbonyl (C=O) groups excluding carboxylic acids is 1. The Hall–Kier alpha value is -1.72. The molecule has 0 saturated heterocycles. The molecule has 1 aromatic rings. The Morgan fingerprint density at radius 2 is 2.06 bits per heavy atom. The SMILES string of the molecule is CC(C)(C)NC(=O)N1CCc2[nH][nH]c(=O)c2C1. The monoisotopic (exact) mass is 238 g/mol. The third-order valence-electron chi connectivity index (χ3n) is 2.72. The maximum Gasteiger partial charge on any atom is 0.318 e. The molecule has 17 heavy (non-hydrogen) atoms. The Morgan fingerprint density at radius 1 is 1.35 bits per heavy atom. The van der Waals surface area contributed by atoms with Crippen molar-refractivity contribution in [2.45, 2.75) is 39.3 Å². The fraction of sp³-hybridized carbons (Fsp3) is 0.636. The summed E-state index contributed by atoms with van der Waals surface area (Å²) in [6.45, 7) is 6.80. The van der Waals surface area contributed by atoms with Gasteiger partial charge in [-0.25, -0.2) is 4.79 Å². The van der Waals surface area contributed by atoms with Crippen LogP contribution in [0.5, 0.6) is 0 Å². The molecule has 0 atom stereocenters. The highest BCUT2D eigenvalue weighted by Gasteiger charge is 2.26. The van der Waals surface area contributed by atoms with Crippen molar-refractivity contribution in [2.75, 3.05) is 6.54 Å². The molecule has 0 fully saturated rings. The first-order valence-corrected chi connectivity index (χ1v) is 5.72. The van der Waals surface area contributed by atoms with Gasteiger partial charge in [-0.3, -0.25) is 9.89 Å². The zero-order valence-corrected chi connectivity index (χ0v) is 10.4. The molecule has 0 unspecified atom stereocenters. The molecule has 3 N–H and O–H groups in total. The molecule has 1 aromatic heterocycles. The Morgan fingerprint density at radius 3 is 2.71 bits per heavy atom. The van der Waals surface area contributed by atoms with Crippen LogP contribution in [0.15, 0.2) is 4.79 Å². The van der Waals surface area contributed by atoms with E-state index in [0.29, 0.717) is 25.1 Å². The Kier molecular flexibility index (Phi) is 2.73. The molecule has 2 heterocycles. The summed E-state index contributed by atoms with van der Waals surface area (Å²) in [5.74, 6) is 0. The molecule has 6 heteroatoms. The van der Waals surface area contributed by atoms with E-state index in [9.17, 15) is 9.59 Å². The number of rotatable bonds is 0. The molecule has 0 aliphatic carbocycles. The van der Waals surface area contributed by atoms with E-state index in [2.05, 4.69) is 15.5 Å². The van der Waals surface area contributed by atoms with Gasteiger partial charge >= 0.3 is 6.03 Å². The molecule has 0 radical (unpaired) electrons. The molecule has 0 spiro atoms. The number of urea groups is 1. The van der Waals surface area contributed by atoms with E-state index in [1.165, 1.54) is 0 Å². The number of nitrogens with zero attached hydrogens (tertiary/aromatic N) is 1. The van der Waals surface area contributed by atoms with Crippen LogP contribution in [0.25, 0.3) is 0 Å². The quantitative estimate of drug-likeness (QED) is 0.617. The van der Waals surface area contributed by atoms with Gasteiger partial charge in [-0.1, -0.05) is 0 Å². The van der Waals surface area contributed by atoms with Crippen LogP contribution in [0.1, 0.15) is 32.0 Å². The molecule has 1 aliphatic rings. The minimum atomic E-state index is -0.262. The Balaban J connectivity index is 2.10. The number of hydrogen-bond donors (Lipinski definition) is 3. The van der Waals surface area contributed by atoms with E-state index in [1.54, 1.807) is 4.90 Å². The van der Waals surface area contributed by atoms with E-state index < -0.39 is 0 Å². The lowest BCUT2D eigenvalue weighted by Gasteiger charge is -2.30. The van der Waals surface area contributed by atoms with Crippen LogP contribution < -0.4 is 10.9 Å². The predicted molar refractivity (Wildman–Crippen MR) is 63.8 cm³/mol. The summed E-state index contributed by atoms with van der Waals surface area (Å²) in [4.78, 5) is 25.1. The second-order valence-corrected chi connectivity index (χ2v) is 5.39. The molecule has 0 aromatic carbocycles. The summed E-state index contributed by atoms with van der Waals surface area (Å²) >= 11 is 0. The summed E-state index contributed by atoms with van der Waals surface area (Å²) in [6.07, 6.45) is 0.686. The lowest BCUT2D eigenvalue weighted by molar-refractivity contribution is 0.183. The average molecular weight is 238 g/mol. The fourth-order valence-corrected chi connectivity index (χ4v) is 1.89. The first kappa shape index (κ1) is 11.8. The first-order valence-electron chi connectivity index (χ1n) is 5.72. The zero-order chi connectivity index (χ0) is 12.6. The first-order chi connectivity index (χ1) is 7.87. The van der Waals surface area contributed by atoms with Crippen molar-refractivity contribution in [3.63, 3.8) is 0 Å². The number of amides is 2. The van der Waals surface area contributed by atoms with Crippen LogP contribution in [-0.2, 0) is 13.0 Å². The number of aromatic amines is 2. The van der Waals surface area contributed by atoms with E-state index in [4.69, 9.17) is 0 Å². The van der Waals surface area contributed by atoms with Gasteiger partial charge < -0.3 is 15.3 Å². The number of nitrogens with one attached hydrogen (secondary N) is 3. The summed E-state index contributed by atoms with van der Waals surface area (Å²) < 4.78 is 0. The highest BCUT2D eigenvalue weighted by molar-refractivity contribution is 5.75. The van der Waals surface area contributed by atoms with Crippen molar-refractivity contribution >= 4 is 6.03 Å². The van der Waals surface area contributed by atoms with Crippen LogP contribution in [0, 0.1) is 0 Å². The van der Waals surface area contributed by atoms with Crippen LogP contribution in [0.4, 0.5) is 4.79 Å². The minimum absolute atomic E-state index is 0.122.